The number of nitrogens with one attached hydrogen (secondary N) is 1. The second-order valence-electron chi connectivity index (χ2n) is 4.84. The molecular weight excluding hydrogens is 288 g/mol. The van der Waals surface area contributed by atoms with Gasteiger partial charge in [-0.3, -0.25) is 0 Å². The van der Waals surface area contributed by atoms with Gasteiger partial charge in [-0.15, -0.1) is 0 Å². The quantitative estimate of drug-likeness (QED) is 0.848. The molecule has 0 spiro atoms. The Morgan fingerprint density at radius 3 is 2.48 bits per heavy atom. The number of benzene rings is 1. The third-order valence-electron chi connectivity index (χ3n) is 3.25. The van der Waals surface area contributed by atoms with Gasteiger partial charge in [-0.25, -0.2) is 8.42 Å². The van der Waals surface area contributed by atoms with Crippen molar-refractivity contribution in [3.63, 3.8) is 0 Å². The molecule has 5 nitrogen and oxygen atoms in total. The summed E-state index contributed by atoms with van der Waals surface area (Å²) in [6.45, 7) is 1.08. The molecule has 0 saturated heterocycles. The molecule has 0 aliphatic rings. The van der Waals surface area contributed by atoms with Crippen molar-refractivity contribution < 1.29 is 12.8 Å². The Morgan fingerprint density at radius 1 is 1.19 bits per heavy atom. The molecule has 1 aromatic heterocycles. The lowest BCUT2D eigenvalue weighted by Crippen LogP contribution is -2.26. The SMILES string of the molecule is CNCCc1ccc(S(=O)(=O)N(C)Cc2ccco2)cc1. The fourth-order valence-electron chi connectivity index (χ4n) is 1.98. The summed E-state index contributed by atoms with van der Waals surface area (Å²) >= 11 is 0. The average Bonchev–Trinajstić information content (AvgIpc) is 2.98. The summed E-state index contributed by atoms with van der Waals surface area (Å²) in [5.41, 5.74) is 1.11. The number of nitrogens with zero attached hydrogens (tertiary/aromatic N) is 1. The molecule has 0 radical (unpaired) electrons. The highest BCUT2D eigenvalue weighted by molar-refractivity contribution is 7.89. The van der Waals surface area contributed by atoms with Gasteiger partial charge in [-0.1, -0.05) is 12.1 Å². The van der Waals surface area contributed by atoms with Crippen molar-refractivity contribution in [2.45, 2.75) is 17.9 Å². The summed E-state index contributed by atoms with van der Waals surface area (Å²) in [7, 11) is -0.0550. The molecule has 6 heteroatoms. The number of likely N-dealkylation sites (N-methyl/N-ethyl adjacent to an activating group) is 1. The molecule has 21 heavy (non-hydrogen) atoms. The van der Waals surface area contributed by atoms with Crippen LogP contribution in [0.15, 0.2) is 52.0 Å². The number of hydrogen-bond acceptors (Lipinski definition) is 4. The fourth-order valence-corrected chi connectivity index (χ4v) is 3.12. The van der Waals surface area contributed by atoms with Crippen molar-refractivity contribution >= 4 is 10.0 Å². The molecule has 1 aromatic carbocycles. The Hall–Kier alpha value is -1.63. The van der Waals surface area contributed by atoms with Gasteiger partial charge in [-0.05, 0) is 49.8 Å². The van der Waals surface area contributed by atoms with E-state index in [9.17, 15) is 8.42 Å². The van der Waals surface area contributed by atoms with Crippen LogP contribution < -0.4 is 5.32 Å². The first-order valence-electron chi connectivity index (χ1n) is 6.76. The van der Waals surface area contributed by atoms with Gasteiger partial charge >= 0.3 is 0 Å². The highest BCUT2D eigenvalue weighted by atomic mass is 32.2. The minimum atomic E-state index is -3.49. The van der Waals surface area contributed by atoms with Crippen molar-refractivity contribution in [1.82, 2.24) is 9.62 Å². The van der Waals surface area contributed by atoms with Crippen molar-refractivity contribution in [1.29, 1.82) is 0 Å². The molecule has 0 aliphatic carbocycles. The molecule has 0 fully saturated rings. The first kappa shape index (κ1) is 15.8. The van der Waals surface area contributed by atoms with Crippen LogP contribution >= 0.6 is 0 Å². The van der Waals surface area contributed by atoms with Crippen LogP contribution in [0, 0.1) is 0 Å². The second kappa shape index (κ2) is 6.89. The lowest BCUT2D eigenvalue weighted by atomic mass is 10.1. The Bertz CT molecular complexity index is 649. The summed E-state index contributed by atoms with van der Waals surface area (Å²) in [6.07, 6.45) is 2.41. The zero-order chi connectivity index (χ0) is 15.3. The van der Waals surface area contributed by atoms with Crippen LogP contribution in [0.2, 0.25) is 0 Å². The Kier molecular flexibility index (Phi) is 5.17. The maximum Gasteiger partial charge on any atom is 0.243 e. The number of furan rings is 1. The first-order valence-corrected chi connectivity index (χ1v) is 8.20. The van der Waals surface area contributed by atoms with Crippen LogP contribution in [0.4, 0.5) is 0 Å². The molecule has 2 aromatic rings. The number of rotatable bonds is 7. The van der Waals surface area contributed by atoms with Crippen molar-refractivity contribution in [2.75, 3.05) is 20.6 Å². The monoisotopic (exact) mass is 308 g/mol. The number of hydrogen-bond donors (Lipinski definition) is 1. The molecule has 0 unspecified atom stereocenters. The van der Waals surface area contributed by atoms with E-state index in [1.807, 2.05) is 19.2 Å². The number of sulfonamides is 1. The van der Waals surface area contributed by atoms with Gasteiger partial charge in [0.15, 0.2) is 0 Å². The van der Waals surface area contributed by atoms with Gasteiger partial charge in [0.1, 0.15) is 5.76 Å². The molecule has 2 rings (SSSR count). The smallest absolute Gasteiger partial charge is 0.243 e. The van der Waals surface area contributed by atoms with Gasteiger partial charge in [0.2, 0.25) is 10.0 Å². The Morgan fingerprint density at radius 2 is 1.90 bits per heavy atom. The summed E-state index contributed by atoms with van der Waals surface area (Å²) in [4.78, 5) is 0.296. The molecule has 0 atom stereocenters. The maximum absolute atomic E-state index is 12.5. The zero-order valence-corrected chi connectivity index (χ0v) is 13.1. The van der Waals surface area contributed by atoms with Crippen LogP contribution in [0.3, 0.4) is 0 Å². The van der Waals surface area contributed by atoms with E-state index in [1.54, 1.807) is 31.3 Å². The zero-order valence-electron chi connectivity index (χ0n) is 12.2. The Labute approximate surface area is 125 Å². The minimum absolute atomic E-state index is 0.219. The standard InChI is InChI=1S/C15H20N2O3S/c1-16-10-9-13-5-7-15(8-6-13)21(18,19)17(2)12-14-4-3-11-20-14/h3-8,11,16H,9-10,12H2,1-2H3. The van der Waals surface area contributed by atoms with Gasteiger partial charge in [-0.2, -0.15) is 4.31 Å². The molecule has 1 heterocycles. The van der Waals surface area contributed by atoms with E-state index in [-0.39, 0.29) is 6.54 Å². The van der Waals surface area contributed by atoms with Crippen LogP contribution in [0.25, 0.3) is 0 Å². The highest BCUT2D eigenvalue weighted by Gasteiger charge is 2.21. The summed E-state index contributed by atoms with van der Waals surface area (Å²) in [5.74, 6) is 0.617. The maximum atomic E-state index is 12.5. The van der Waals surface area contributed by atoms with E-state index < -0.39 is 10.0 Å². The van der Waals surface area contributed by atoms with E-state index in [2.05, 4.69) is 5.32 Å². The summed E-state index contributed by atoms with van der Waals surface area (Å²) in [5, 5.41) is 3.07. The van der Waals surface area contributed by atoms with Crippen molar-refractivity contribution in [3.05, 3.63) is 54.0 Å². The predicted molar refractivity (Wildman–Crippen MR) is 81.4 cm³/mol. The third-order valence-corrected chi connectivity index (χ3v) is 5.07. The van der Waals surface area contributed by atoms with E-state index >= 15 is 0 Å². The van der Waals surface area contributed by atoms with Crippen molar-refractivity contribution in [3.8, 4) is 0 Å². The van der Waals surface area contributed by atoms with E-state index in [1.165, 1.54) is 10.6 Å². The highest BCUT2D eigenvalue weighted by Crippen LogP contribution is 2.17. The van der Waals surface area contributed by atoms with E-state index in [4.69, 9.17) is 4.42 Å². The fraction of sp³-hybridized carbons (Fsp3) is 0.333. The van der Waals surface area contributed by atoms with Crippen LogP contribution in [0.5, 0.6) is 0 Å². The van der Waals surface area contributed by atoms with Crippen LogP contribution in [0.1, 0.15) is 11.3 Å². The topological polar surface area (TPSA) is 62.6 Å². The molecule has 114 valence electrons. The largest absolute Gasteiger partial charge is 0.468 e. The molecule has 0 bridgehead atoms. The van der Waals surface area contributed by atoms with Gasteiger partial charge in [0.05, 0.1) is 17.7 Å². The molecular formula is C15H20N2O3S. The normalized spacial score (nSPS) is 12.0. The van der Waals surface area contributed by atoms with E-state index in [0.717, 1.165) is 18.5 Å². The van der Waals surface area contributed by atoms with Crippen LogP contribution in [-0.2, 0) is 23.0 Å². The second-order valence-corrected chi connectivity index (χ2v) is 6.88. The average molecular weight is 308 g/mol. The minimum Gasteiger partial charge on any atom is -0.468 e. The summed E-state index contributed by atoms with van der Waals surface area (Å²) < 4.78 is 31.4. The molecule has 1 N–H and O–H groups in total. The van der Waals surface area contributed by atoms with Gasteiger partial charge in [0.25, 0.3) is 0 Å². The Balaban J connectivity index is 2.11. The third kappa shape index (κ3) is 3.93. The summed E-state index contributed by atoms with van der Waals surface area (Å²) in [6, 6.07) is 10.5. The van der Waals surface area contributed by atoms with Gasteiger partial charge < -0.3 is 9.73 Å². The lowest BCUT2D eigenvalue weighted by molar-refractivity contribution is 0.406. The molecule has 0 aliphatic heterocycles. The molecule has 0 amide bonds. The van der Waals surface area contributed by atoms with E-state index in [0.29, 0.717) is 10.7 Å². The first-order chi connectivity index (χ1) is 10.0. The lowest BCUT2D eigenvalue weighted by Gasteiger charge is -2.16. The van der Waals surface area contributed by atoms with Crippen molar-refractivity contribution in [2.24, 2.45) is 0 Å². The van der Waals surface area contributed by atoms with Gasteiger partial charge in [0, 0.05) is 7.05 Å². The van der Waals surface area contributed by atoms with Crippen LogP contribution in [-0.4, -0.2) is 33.4 Å². The molecule has 0 saturated carbocycles. The predicted octanol–water partition coefficient (Wildman–Crippen LogP) is 1.86.